The van der Waals surface area contributed by atoms with Gasteiger partial charge in [-0.05, 0) is 63.7 Å². The van der Waals surface area contributed by atoms with Gasteiger partial charge in [-0.3, -0.25) is 0 Å². The molecule has 5 nitrogen and oxygen atoms in total. The molecule has 4 aromatic heterocycles. The van der Waals surface area contributed by atoms with Crippen molar-refractivity contribution in [3.05, 3.63) is 146 Å². The Morgan fingerprint density at radius 2 is 0.959 bits per heavy atom. The van der Waals surface area contributed by atoms with Crippen LogP contribution in [0.5, 0.6) is 0 Å². The van der Waals surface area contributed by atoms with Gasteiger partial charge in [0.05, 0.1) is 11.1 Å². The molecule has 0 aliphatic carbocycles. The number of pyridine rings is 1. The van der Waals surface area contributed by atoms with Crippen molar-refractivity contribution in [3.63, 3.8) is 0 Å². The highest BCUT2D eigenvalue weighted by Gasteiger charge is 2.22. The average molecular weight is 629 g/mol. The van der Waals surface area contributed by atoms with Crippen LogP contribution in [0.1, 0.15) is 0 Å². The van der Waals surface area contributed by atoms with Crippen molar-refractivity contribution in [2.75, 3.05) is 0 Å². The molecule has 0 bridgehead atoms. The molecular weight excluding hydrogens is 604 g/mol. The van der Waals surface area contributed by atoms with E-state index < -0.39 is 0 Å². The molecule has 0 unspecified atom stereocenters. The third-order valence-corrected chi connectivity index (χ3v) is 9.72. The van der Waals surface area contributed by atoms with E-state index in [4.69, 9.17) is 23.2 Å². The van der Waals surface area contributed by atoms with E-state index in [0.717, 1.165) is 88.2 Å². The van der Waals surface area contributed by atoms with Gasteiger partial charge in [-0.15, -0.1) is 0 Å². The highest BCUT2D eigenvalue weighted by atomic mass is 16.4. The first kappa shape index (κ1) is 26.4. The van der Waals surface area contributed by atoms with Gasteiger partial charge in [0.1, 0.15) is 22.2 Å². The first-order valence-electron chi connectivity index (χ1n) is 16.3. The summed E-state index contributed by atoms with van der Waals surface area (Å²) in [7, 11) is 0. The molecule has 0 aliphatic rings. The topological polar surface area (TPSA) is 65.2 Å². The van der Waals surface area contributed by atoms with E-state index in [1.54, 1.807) is 0 Å². The first-order chi connectivity index (χ1) is 24.3. The fraction of sp³-hybridized carbons (Fsp3) is 0. The van der Waals surface area contributed by atoms with Gasteiger partial charge >= 0.3 is 0 Å². The maximum atomic E-state index is 6.46. The third kappa shape index (κ3) is 3.87. The molecule has 0 fully saturated rings. The Hall–Kier alpha value is -6.72. The monoisotopic (exact) mass is 628 g/mol. The summed E-state index contributed by atoms with van der Waals surface area (Å²) in [6.45, 7) is 0. The lowest BCUT2D eigenvalue weighted by atomic mass is 9.99. The lowest BCUT2D eigenvalue weighted by Gasteiger charge is -2.07. The van der Waals surface area contributed by atoms with Crippen molar-refractivity contribution >= 4 is 76.7 Å². The normalized spacial score (nSPS) is 12.1. The predicted octanol–water partition coefficient (Wildman–Crippen LogP) is 12.3. The van der Waals surface area contributed by atoms with Crippen molar-refractivity contribution in [1.82, 2.24) is 9.97 Å². The SMILES string of the molecule is c1ccc2c(c1)ccc1ccc3nc(-c4ccc(-c5ccc(-c6nc7c8ccccc8oc7c7oc8ccccc8c67)cc5)cc4)oc3c12. The van der Waals surface area contributed by atoms with Gasteiger partial charge in [0, 0.05) is 27.3 Å². The number of aromatic nitrogens is 2. The zero-order valence-corrected chi connectivity index (χ0v) is 26.0. The Morgan fingerprint density at radius 3 is 1.76 bits per heavy atom. The predicted molar refractivity (Wildman–Crippen MR) is 198 cm³/mol. The molecule has 0 atom stereocenters. The van der Waals surface area contributed by atoms with Crippen molar-refractivity contribution in [2.45, 2.75) is 0 Å². The summed E-state index contributed by atoms with van der Waals surface area (Å²) in [6.07, 6.45) is 0. The van der Waals surface area contributed by atoms with Crippen LogP contribution in [0.2, 0.25) is 0 Å². The van der Waals surface area contributed by atoms with Gasteiger partial charge < -0.3 is 13.3 Å². The second-order valence-electron chi connectivity index (χ2n) is 12.5. The van der Waals surface area contributed by atoms with Gasteiger partial charge in [0.2, 0.25) is 5.89 Å². The Kier molecular flexibility index (Phi) is 5.32. The van der Waals surface area contributed by atoms with Gasteiger partial charge in [-0.25, -0.2) is 9.97 Å². The molecule has 11 rings (SSSR count). The van der Waals surface area contributed by atoms with Crippen LogP contribution >= 0.6 is 0 Å². The second kappa shape index (κ2) is 9.89. The van der Waals surface area contributed by atoms with Crippen molar-refractivity contribution < 1.29 is 13.3 Å². The van der Waals surface area contributed by atoms with E-state index in [1.165, 1.54) is 10.8 Å². The minimum Gasteiger partial charge on any atom is -0.452 e. The summed E-state index contributed by atoms with van der Waals surface area (Å²) in [4.78, 5) is 10.1. The lowest BCUT2D eigenvalue weighted by molar-refractivity contribution is 0.623. The van der Waals surface area contributed by atoms with Gasteiger partial charge in [0.15, 0.2) is 16.7 Å². The second-order valence-corrected chi connectivity index (χ2v) is 12.5. The summed E-state index contributed by atoms with van der Waals surface area (Å²) in [5.74, 6) is 0.613. The lowest BCUT2D eigenvalue weighted by Crippen LogP contribution is -1.87. The molecule has 49 heavy (non-hydrogen) atoms. The maximum absolute atomic E-state index is 6.46. The summed E-state index contributed by atoms with van der Waals surface area (Å²) in [6, 6.07) is 49.9. The Bertz CT molecular complexity index is 3090. The molecule has 0 spiro atoms. The van der Waals surface area contributed by atoms with Crippen LogP contribution in [0, 0.1) is 0 Å². The number of benzene rings is 7. The van der Waals surface area contributed by atoms with Crippen LogP contribution in [0.15, 0.2) is 159 Å². The zero-order valence-electron chi connectivity index (χ0n) is 26.0. The van der Waals surface area contributed by atoms with Crippen molar-refractivity contribution in [2.24, 2.45) is 0 Å². The fourth-order valence-corrected chi connectivity index (χ4v) is 7.34. The van der Waals surface area contributed by atoms with Crippen LogP contribution in [-0.2, 0) is 0 Å². The third-order valence-electron chi connectivity index (χ3n) is 9.72. The average Bonchev–Trinajstić information content (AvgIpc) is 3.88. The molecule has 0 radical (unpaired) electrons. The highest BCUT2D eigenvalue weighted by Crippen LogP contribution is 2.42. The smallest absolute Gasteiger partial charge is 0.227 e. The van der Waals surface area contributed by atoms with Crippen LogP contribution in [0.3, 0.4) is 0 Å². The van der Waals surface area contributed by atoms with Crippen LogP contribution in [-0.4, -0.2) is 9.97 Å². The molecule has 0 saturated heterocycles. The quantitative estimate of drug-likeness (QED) is 0.182. The Labute approximate surface area is 278 Å². The van der Waals surface area contributed by atoms with Crippen molar-refractivity contribution in [3.8, 4) is 33.8 Å². The molecule has 7 aromatic carbocycles. The molecule has 11 aromatic rings. The number of furan rings is 2. The highest BCUT2D eigenvalue weighted by molar-refractivity contribution is 6.21. The molecule has 5 heteroatoms. The minimum absolute atomic E-state index is 0.613. The number of oxazole rings is 1. The van der Waals surface area contributed by atoms with Crippen LogP contribution < -0.4 is 0 Å². The molecule has 0 saturated carbocycles. The number of rotatable bonds is 3. The van der Waals surface area contributed by atoms with E-state index >= 15 is 0 Å². The molecule has 0 amide bonds. The number of hydrogen-bond donors (Lipinski definition) is 0. The Morgan fingerprint density at radius 1 is 0.367 bits per heavy atom. The van der Waals surface area contributed by atoms with Crippen molar-refractivity contribution in [1.29, 1.82) is 0 Å². The summed E-state index contributed by atoms with van der Waals surface area (Å²) in [5.41, 5.74) is 10.5. The van der Waals surface area contributed by atoms with Gasteiger partial charge in [-0.2, -0.15) is 0 Å². The van der Waals surface area contributed by atoms with E-state index in [9.17, 15) is 0 Å². The number of hydrogen-bond acceptors (Lipinski definition) is 5. The maximum Gasteiger partial charge on any atom is 0.227 e. The zero-order chi connectivity index (χ0) is 32.1. The largest absolute Gasteiger partial charge is 0.452 e. The van der Waals surface area contributed by atoms with Gasteiger partial charge in [0.25, 0.3) is 0 Å². The van der Waals surface area contributed by atoms with Gasteiger partial charge in [-0.1, -0.05) is 109 Å². The fourth-order valence-electron chi connectivity index (χ4n) is 7.34. The standard InChI is InChI=1S/C44H24N2O3/c1-2-8-31-27(7-1)17-18-28-23-24-34-41(37(28)31)49-44(45-34)30-21-15-26(16-22-30)25-13-19-29(20-14-25)39-38-32-9-3-5-11-35(32)47-42(38)43-40(46-39)33-10-4-6-12-36(33)48-43/h1-24H. The summed E-state index contributed by atoms with van der Waals surface area (Å²) < 4.78 is 19.2. The summed E-state index contributed by atoms with van der Waals surface area (Å²) >= 11 is 0. The molecule has 228 valence electrons. The first-order valence-corrected chi connectivity index (χ1v) is 16.3. The molecule has 0 N–H and O–H groups in total. The van der Waals surface area contributed by atoms with Crippen LogP contribution in [0.25, 0.3) is 110 Å². The molecule has 0 aliphatic heterocycles. The summed E-state index contributed by atoms with van der Waals surface area (Å²) in [5, 5.41) is 7.54. The number of fused-ring (bicyclic) bond motifs is 12. The number of para-hydroxylation sites is 2. The number of nitrogens with zero attached hydrogens (tertiary/aromatic N) is 2. The minimum atomic E-state index is 0.613. The van der Waals surface area contributed by atoms with E-state index in [0.29, 0.717) is 11.5 Å². The Balaban J connectivity index is 0.988. The van der Waals surface area contributed by atoms with E-state index in [2.05, 4.69) is 97.1 Å². The van der Waals surface area contributed by atoms with Crippen LogP contribution in [0.4, 0.5) is 0 Å². The molecular formula is C44H24N2O3. The molecule has 4 heterocycles. The van der Waals surface area contributed by atoms with E-state index in [1.807, 2.05) is 48.5 Å². The van der Waals surface area contributed by atoms with E-state index in [-0.39, 0.29) is 0 Å².